The molecule has 1 aromatic heterocycles. The largest absolute Gasteiger partial charge is 0.294 e. The van der Waals surface area contributed by atoms with E-state index in [4.69, 9.17) is 0 Å². The molecule has 0 bridgehead atoms. The summed E-state index contributed by atoms with van der Waals surface area (Å²) >= 11 is 0. The zero-order valence-electron chi connectivity index (χ0n) is 10.3. The number of fused-ring (bicyclic) bond motifs is 1. The lowest BCUT2D eigenvalue weighted by atomic mass is 9.94. The number of rotatable bonds is 4. The summed E-state index contributed by atoms with van der Waals surface area (Å²) < 4.78 is 0. The predicted octanol–water partition coefficient (Wildman–Crippen LogP) is 3.85. The van der Waals surface area contributed by atoms with Gasteiger partial charge in [-0.1, -0.05) is 38.5 Å². The quantitative estimate of drug-likeness (QED) is 0.742. The minimum Gasteiger partial charge on any atom is -0.294 e. The molecular weight excluding hydrogens is 210 g/mol. The van der Waals surface area contributed by atoms with E-state index in [1.165, 1.54) is 0 Å². The van der Waals surface area contributed by atoms with Crippen LogP contribution in [0.2, 0.25) is 0 Å². The molecule has 1 aromatic carbocycles. The molecule has 0 amide bonds. The smallest absolute Gasteiger partial charge is 0.167 e. The lowest BCUT2D eigenvalue weighted by Gasteiger charge is -2.10. The third-order valence-electron chi connectivity index (χ3n) is 3.07. The molecule has 0 saturated carbocycles. The van der Waals surface area contributed by atoms with Gasteiger partial charge in [0.05, 0.1) is 5.52 Å². The molecule has 2 rings (SSSR count). The first-order chi connectivity index (χ1) is 8.24. The van der Waals surface area contributed by atoms with Crippen LogP contribution >= 0.6 is 0 Å². The zero-order chi connectivity index (χ0) is 12.3. The van der Waals surface area contributed by atoms with E-state index < -0.39 is 0 Å². The van der Waals surface area contributed by atoms with Gasteiger partial charge in [0.2, 0.25) is 0 Å². The van der Waals surface area contributed by atoms with Crippen LogP contribution in [-0.2, 0) is 0 Å². The van der Waals surface area contributed by atoms with Gasteiger partial charge >= 0.3 is 0 Å². The number of ketones is 1. The minimum absolute atomic E-state index is 0.0765. The Bertz CT molecular complexity index is 528. The summed E-state index contributed by atoms with van der Waals surface area (Å²) in [6, 6.07) is 9.68. The summed E-state index contributed by atoms with van der Waals surface area (Å²) in [6.07, 6.45) is 3.71. The van der Waals surface area contributed by atoms with E-state index in [0.29, 0.717) is 0 Å². The molecule has 0 aliphatic heterocycles. The normalized spacial score (nSPS) is 12.6. The van der Waals surface area contributed by atoms with Crippen molar-refractivity contribution < 1.29 is 4.79 Å². The topological polar surface area (TPSA) is 30.0 Å². The van der Waals surface area contributed by atoms with E-state index in [1.54, 1.807) is 6.20 Å². The highest BCUT2D eigenvalue weighted by Gasteiger charge is 2.16. The molecule has 0 spiro atoms. The fourth-order valence-electron chi connectivity index (χ4n) is 2.13. The van der Waals surface area contributed by atoms with Crippen molar-refractivity contribution in [1.82, 2.24) is 4.98 Å². The molecule has 1 unspecified atom stereocenters. The summed E-state index contributed by atoms with van der Waals surface area (Å²) in [5.74, 6) is 0.281. The number of hydrogen-bond donors (Lipinski definition) is 0. The molecule has 0 radical (unpaired) electrons. The van der Waals surface area contributed by atoms with E-state index in [9.17, 15) is 4.79 Å². The Balaban J connectivity index is 2.45. The second kappa shape index (κ2) is 5.09. The standard InChI is InChI=1S/C15H17NO/c1-3-6-11(2)15(17)13-9-4-7-12-8-5-10-16-14(12)13/h4-5,7-11H,3,6H2,1-2H3. The first kappa shape index (κ1) is 11.8. The van der Waals surface area contributed by atoms with Crippen LogP contribution in [0.15, 0.2) is 36.5 Å². The van der Waals surface area contributed by atoms with Gasteiger partial charge in [-0.3, -0.25) is 9.78 Å². The minimum atomic E-state index is 0.0765. The van der Waals surface area contributed by atoms with Crippen LogP contribution in [0.3, 0.4) is 0 Å². The van der Waals surface area contributed by atoms with Crippen molar-refractivity contribution >= 4 is 16.7 Å². The molecular formula is C15H17NO. The maximum atomic E-state index is 12.3. The molecule has 2 aromatic rings. The SMILES string of the molecule is CCCC(C)C(=O)c1cccc2cccnc12. The summed E-state index contributed by atoms with van der Waals surface area (Å²) in [5.41, 5.74) is 1.58. The average Bonchev–Trinajstić information content (AvgIpc) is 2.37. The Kier molecular flexibility index (Phi) is 3.52. The van der Waals surface area contributed by atoms with Crippen LogP contribution in [0, 0.1) is 5.92 Å². The van der Waals surface area contributed by atoms with Crippen molar-refractivity contribution in [3.05, 3.63) is 42.1 Å². The van der Waals surface area contributed by atoms with Crippen molar-refractivity contribution in [2.45, 2.75) is 26.7 Å². The van der Waals surface area contributed by atoms with Gasteiger partial charge in [0, 0.05) is 23.1 Å². The monoisotopic (exact) mass is 227 g/mol. The fourth-order valence-corrected chi connectivity index (χ4v) is 2.13. The van der Waals surface area contributed by atoms with Crippen molar-refractivity contribution in [2.24, 2.45) is 5.92 Å². The maximum absolute atomic E-state index is 12.3. The molecule has 0 saturated heterocycles. The van der Waals surface area contributed by atoms with Crippen molar-refractivity contribution in [1.29, 1.82) is 0 Å². The van der Waals surface area contributed by atoms with Crippen LogP contribution in [-0.4, -0.2) is 10.8 Å². The molecule has 1 heterocycles. The van der Waals surface area contributed by atoms with Gasteiger partial charge in [-0.2, -0.15) is 0 Å². The van der Waals surface area contributed by atoms with Gasteiger partial charge < -0.3 is 0 Å². The third kappa shape index (κ3) is 2.36. The molecule has 0 fully saturated rings. The Morgan fingerprint density at radius 3 is 2.82 bits per heavy atom. The number of Topliss-reactive ketones (excluding diaryl/α,β-unsaturated/α-hetero) is 1. The Morgan fingerprint density at radius 1 is 1.29 bits per heavy atom. The fraction of sp³-hybridized carbons (Fsp3) is 0.333. The van der Waals surface area contributed by atoms with Crippen LogP contribution in [0.5, 0.6) is 0 Å². The lowest BCUT2D eigenvalue weighted by Crippen LogP contribution is -2.11. The summed E-state index contributed by atoms with van der Waals surface area (Å²) in [5, 5.41) is 1.03. The number of pyridine rings is 1. The molecule has 88 valence electrons. The average molecular weight is 227 g/mol. The number of benzene rings is 1. The Labute approximate surface area is 102 Å². The van der Waals surface area contributed by atoms with Crippen LogP contribution in [0.1, 0.15) is 37.0 Å². The summed E-state index contributed by atoms with van der Waals surface area (Å²) in [7, 11) is 0. The lowest BCUT2D eigenvalue weighted by molar-refractivity contribution is 0.0925. The molecule has 0 aliphatic rings. The molecule has 2 heteroatoms. The Morgan fingerprint density at radius 2 is 2.06 bits per heavy atom. The van der Waals surface area contributed by atoms with Gasteiger partial charge in [-0.15, -0.1) is 0 Å². The van der Waals surface area contributed by atoms with Crippen molar-refractivity contribution in [3.8, 4) is 0 Å². The van der Waals surface area contributed by atoms with Crippen LogP contribution < -0.4 is 0 Å². The second-order valence-electron chi connectivity index (χ2n) is 4.43. The third-order valence-corrected chi connectivity index (χ3v) is 3.07. The van der Waals surface area contributed by atoms with E-state index in [-0.39, 0.29) is 11.7 Å². The highest BCUT2D eigenvalue weighted by atomic mass is 16.1. The van der Waals surface area contributed by atoms with Crippen molar-refractivity contribution in [3.63, 3.8) is 0 Å². The molecule has 1 atom stereocenters. The number of carbonyl (C=O) groups excluding carboxylic acids is 1. The summed E-state index contributed by atoms with van der Waals surface area (Å²) in [6.45, 7) is 4.10. The number of aromatic nitrogens is 1. The van der Waals surface area contributed by atoms with Gasteiger partial charge in [0.1, 0.15) is 0 Å². The van der Waals surface area contributed by atoms with Crippen LogP contribution in [0.4, 0.5) is 0 Å². The molecule has 2 nitrogen and oxygen atoms in total. The van der Waals surface area contributed by atoms with E-state index >= 15 is 0 Å². The second-order valence-corrected chi connectivity index (χ2v) is 4.43. The molecule has 17 heavy (non-hydrogen) atoms. The molecule has 0 aliphatic carbocycles. The number of carbonyl (C=O) groups is 1. The number of nitrogens with zero attached hydrogens (tertiary/aromatic N) is 1. The Hall–Kier alpha value is -1.70. The number of para-hydroxylation sites is 1. The van der Waals surface area contributed by atoms with E-state index in [1.807, 2.05) is 37.3 Å². The van der Waals surface area contributed by atoms with Gasteiger partial charge in [0.15, 0.2) is 5.78 Å². The summed E-state index contributed by atoms with van der Waals surface area (Å²) in [4.78, 5) is 16.6. The highest BCUT2D eigenvalue weighted by Crippen LogP contribution is 2.20. The van der Waals surface area contributed by atoms with E-state index in [0.717, 1.165) is 29.3 Å². The van der Waals surface area contributed by atoms with Gasteiger partial charge in [-0.05, 0) is 18.6 Å². The highest BCUT2D eigenvalue weighted by molar-refractivity contribution is 6.07. The van der Waals surface area contributed by atoms with Crippen LogP contribution in [0.25, 0.3) is 10.9 Å². The van der Waals surface area contributed by atoms with E-state index in [2.05, 4.69) is 11.9 Å². The maximum Gasteiger partial charge on any atom is 0.167 e. The van der Waals surface area contributed by atoms with Gasteiger partial charge in [-0.25, -0.2) is 0 Å². The van der Waals surface area contributed by atoms with Crippen molar-refractivity contribution in [2.75, 3.05) is 0 Å². The van der Waals surface area contributed by atoms with Gasteiger partial charge in [0.25, 0.3) is 0 Å². The number of hydrogen-bond acceptors (Lipinski definition) is 2. The zero-order valence-corrected chi connectivity index (χ0v) is 10.3. The first-order valence-corrected chi connectivity index (χ1v) is 6.12. The first-order valence-electron chi connectivity index (χ1n) is 6.12. The predicted molar refractivity (Wildman–Crippen MR) is 70.1 cm³/mol. The molecule has 0 N–H and O–H groups in total.